The van der Waals surface area contributed by atoms with Crippen LogP contribution in [0.2, 0.25) is 0 Å². The topological polar surface area (TPSA) is 30.5 Å². The molecule has 0 saturated carbocycles. The number of benzene rings is 1. The lowest BCUT2D eigenvalue weighted by atomic mass is 10.1. The lowest BCUT2D eigenvalue weighted by Crippen LogP contribution is -2.23. The predicted molar refractivity (Wildman–Crippen MR) is 72.2 cm³/mol. The van der Waals surface area contributed by atoms with Crippen LogP contribution in [0, 0.1) is 0 Å². The van der Waals surface area contributed by atoms with E-state index in [0.29, 0.717) is 19.3 Å². The number of hydrogen-bond donors (Lipinski definition) is 1. The Bertz CT molecular complexity index is 364. The highest BCUT2D eigenvalue weighted by Gasteiger charge is 2.15. The number of hydrogen-bond acceptors (Lipinski definition) is 4. The molecule has 0 aliphatic carbocycles. The Balaban J connectivity index is 2.18. The molecule has 0 spiro atoms. The minimum Gasteiger partial charge on any atom is -0.486 e. The Morgan fingerprint density at radius 3 is 2.76 bits per heavy atom. The molecule has 1 aromatic rings. The second-order valence-corrected chi connectivity index (χ2v) is 4.88. The van der Waals surface area contributed by atoms with E-state index in [-0.39, 0.29) is 0 Å². The fourth-order valence-electron chi connectivity index (χ4n) is 1.96. The fourth-order valence-corrected chi connectivity index (χ4v) is 2.61. The molecule has 0 aromatic heterocycles. The summed E-state index contributed by atoms with van der Waals surface area (Å²) < 4.78 is 11.1. The smallest absolute Gasteiger partial charge is 0.161 e. The van der Waals surface area contributed by atoms with E-state index < -0.39 is 0 Å². The molecular formula is C13H19NO2S. The van der Waals surface area contributed by atoms with E-state index in [1.54, 1.807) is 0 Å². The molecule has 94 valence electrons. The second kappa shape index (κ2) is 6.17. The van der Waals surface area contributed by atoms with Gasteiger partial charge in [-0.3, -0.25) is 0 Å². The zero-order valence-electron chi connectivity index (χ0n) is 10.4. The van der Waals surface area contributed by atoms with Crippen LogP contribution in [0.25, 0.3) is 0 Å². The molecule has 2 rings (SSSR count). The minimum absolute atomic E-state index is 0.380. The van der Waals surface area contributed by atoms with Crippen LogP contribution in [0.15, 0.2) is 18.2 Å². The van der Waals surface area contributed by atoms with Gasteiger partial charge in [-0.25, -0.2) is 0 Å². The largest absolute Gasteiger partial charge is 0.486 e. The minimum atomic E-state index is 0.380. The molecule has 0 radical (unpaired) electrons. The van der Waals surface area contributed by atoms with Gasteiger partial charge in [0.2, 0.25) is 0 Å². The van der Waals surface area contributed by atoms with Crippen molar-refractivity contribution >= 4 is 11.8 Å². The first-order chi connectivity index (χ1) is 8.35. The van der Waals surface area contributed by atoms with Crippen molar-refractivity contribution in [2.75, 3.05) is 31.8 Å². The Morgan fingerprint density at radius 2 is 2.06 bits per heavy atom. The molecule has 3 nitrogen and oxygen atoms in total. The van der Waals surface area contributed by atoms with Gasteiger partial charge in [0.1, 0.15) is 13.2 Å². The quantitative estimate of drug-likeness (QED) is 0.873. The van der Waals surface area contributed by atoms with Gasteiger partial charge in [-0.15, -0.1) is 0 Å². The molecule has 1 aliphatic rings. The van der Waals surface area contributed by atoms with Crippen molar-refractivity contribution in [2.24, 2.45) is 0 Å². The standard InChI is InChI=1S/C13H19NO2S/c1-3-14-11(9-17-2)10-4-5-12-13(8-10)16-7-6-15-12/h4-5,8,11,14H,3,6-7,9H2,1-2H3. The van der Waals surface area contributed by atoms with Crippen molar-refractivity contribution in [3.05, 3.63) is 23.8 Å². The zero-order chi connectivity index (χ0) is 12.1. The Labute approximate surface area is 107 Å². The van der Waals surface area contributed by atoms with Gasteiger partial charge in [0.25, 0.3) is 0 Å². The summed E-state index contributed by atoms with van der Waals surface area (Å²) in [5.41, 5.74) is 1.27. The van der Waals surface area contributed by atoms with E-state index in [1.807, 2.05) is 17.8 Å². The first kappa shape index (κ1) is 12.6. The normalized spacial score (nSPS) is 15.6. The highest BCUT2D eigenvalue weighted by molar-refractivity contribution is 7.98. The molecule has 1 unspecified atom stereocenters. The van der Waals surface area contributed by atoms with Gasteiger partial charge in [0.05, 0.1) is 0 Å². The molecule has 17 heavy (non-hydrogen) atoms. The average Bonchev–Trinajstić information content (AvgIpc) is 2.38. The summed E-state index contributed by atoms with van der Waals surface area (Å²) in [6, 6.07) is 6.61. The first-order valence-corrected chi connectivity index (χ1v) is 7.36. The van der Waals surface area contributed by atoms with Crippen LogP contribution in [-0.4, -0.2) is 31.8 Å². The van der Waals surface area contributed by atoms with Crippen LogP contribution in [-0.2, 0) is 0 Å². The zero-order valence-corrected chi connectivity index (χ0v) is 11.2. The average molecular weight is 253 g/mol. The number of nitrogens with one attached hydrogen (secondary N) is 1. The summed E-state index contributed by atoms with van der Waals surface area (Å²) in [5, 5.41) is 3.49. The van der Waals surface area contributed by atoms with Gasteiger partial charge in [-0.05, 0) is 30.5 Å². The maximum atomic E-state index is 5.61. The molecule has 1 aliphatic heterocycles. The van der Waals surface area contributed by atoms with E-state index in [1.165, 1.54) is 5.56 Å². The maximum absolute atomic E-state index is 5.61. The monoisotopic (exact) mass is 253 g/mol. The van der Waals surface area contributed by atoms with E-state index in [9.17, 15) is 0 Å². The SMILES string of the molecule is CCNC(CSC)c1ccc2c(c1)OCCO2. The molecule has 1 heterocycles. The third-order valence-electron chi connectivity index (χ3n) is 2.75. The van der Waals surface area contributed by atoms with Crippen molar-refractivity contribution in [1.82, 2.24) is 5.32 Å². The lowest BCUT2D eigenvalue weighted by molar-refractivity contribution is 0.171. The summed E-state index contributed by atoms with van der Waals surface area (Å²) >= 11 is 1.85. The number of rotatable bonds is 5. The second-order valence-electron chi connectivity index (χ2n) is 3.97. The fraction of sp³-hybridized carbons (Fsp3) is 0.538. The first-order valence-electron chi connectivity index (χ1n) is 5.97. The lowest BCUT2D eigenvalue weighted by Gasteiger charge is -2.22. The van der Waals surface area contributed by atoms with Crippen LogP contribution in [0.4, 0.5) is 0 Å². The number of ether oxygens (including phenoxy) is 2. The Morgan fingerprint density at radius 1 is 1.29 bits per heavy atom. The van der Waals surface area contributed by atoms with Crippen LogP contribution >= 0.6 is 11.8 Å². The van der Waals surface area contributed by atoms with Gasteiger partial charge >= 0.3 is 0 Å². The van der Waals surface area contributed by atoms with Crippen LogP contribution in [0.5, 0.6) is 11.5 Å². The van der Waals surface area contributed by atoms with Gasteiger partial charge in [0, 0.05) is 11.8 Å². The third kappa shape index (κ3) is 3.07. The molecule has 0 bridgehead atoms. The van der Waals surface area contributed by atoms with Gasteiger partial charge in [-0.1, -0.05) is 13.0 Å². The molecule has 4 heteroatoms. The van der Waals surface area contributed by atoms with E-state index in [2.05, 4.69) is 30.6 Å². The number of thioether (sulfide) groups is 1. The van der Waals surface area contributed by atoms with E-state index >= 15 is 0 Å². The molecule has 0 amide bonds. The van der Waals surface area contributed by atoms with Crippen molar-refractivity contribution in [2.45, 2.75) is 13.0 Å². The van der Waals surface area contributed by atoms with Gasteiger partial charge in [0.15, 0.2) is 11.5 Å². The highest BCUT2D eigenvalue weighted by Crippen LogP contribution is 2.33. The van der Waals surface area contributed by atoms with Crippen molar-refractivity contribution in [3.63, 3.8) is 0 Å². The van der Waals surface area contributed by atoms with E-state index in [4.69, 9.17) is 9.47 Å². The molecule has 1 N–H and O–H groups in total. The van der Waals surface area contributed by atoms with Crippen molar-refractivity contribution < 1.29 is 9.47 Å². The number of fused-ring (bicyclic) bond motifs is 1. The van der Waals surface area contributed by atoms with Crippen LogP contribution in [0.1, 0.15) is 18.5 Å². The van der Waals surface area contributed by atoms with Crippen LogP contribution < -0.4 is 14.8 Å². The molecule has 1 atom stereocenters. The van der Waals surface area contributed by atoms with Crippen molar-refractivity contribution in [3.8, 4) is 11.5 Å². The Kier molecular flexibility index (Phi) is 4.57. The molecular weight excluding hydrogens is 234 g/mol. The van der Waals surface area contributed by atoms with Crippen LogP contribution in [0.3, 0.4) is 0 Å². The van der Waals surface area contributed by atoms with Gasteiger partial charge in [-0.2, -0.15) is 11.8 Å². The Hall–Kier alpha value is -0.870. The summed E-state index contributed by atoms with van der Waals surface area (Å²) in [4.78, 5) is 0. The summed E-state index contributed by atoms with van der Waals surface area (Å²) in [7, 11) is 0. The summed E-state index contributed by atoms with van der Waals surface area (Å²) in [6.07, 6.45) is 2.13. The van der Waals surface area contributed by atoms with E-state index in [0.717, 1.165) is 23.8 Å². The highest BCUT2D eigenvalue weighted by atomic mass is 32.2. The molecule has 0 saturated heterocycles. The predicted octanol–water partition coefficient (Wildman–Crippen LogP) is 2.47. The molecule has 0 fully saturated rings. The summed E-state index contributed by atoms with van der Waals surface area (Å²) in [6.45, 7) is 4.39. The van der Waals surface area contributed by atoms with Crippen molar-refractivity contribution in [1.29, 1.82) is 0 Å². The van der Waals surface area contributed by atoms with Gasteiger partial charge < -0.3 is 14.8 Å². The molecule has 1 aromatic carbocycles. The summed E-state index contributed by atoms with van der Waals surface area (Å²) in [5.74, 6) is 2.80. The third-order valence-corrected chi connectivity index (χ3v) is 3.42. The maximum Gasteiger partial charge on any atom is 0.161 e.